The Morgan fingerprint density at radius 2 is 2.58 bits per heavy atom. The molecule has 0 amide bonds. The van der Waals surface area contributed by atoms with E-state index in [9.17, 15) is 4.79 Å². The zero-order valence-electron chi connectivity index (χ0n) is 6.60. The predicted octanol–water partition coefficient (Wildman–Crippen LogP) is -0.225. The van der Waals surface area contributed by atoms with Crippen molar-refractivity contribution in [3.8, 4) is 0 Å². The molecule has 1 aromatic heterocycles. The van der Waals surface area contributed by atoms with Gasteiger partial charge in [-0.05, 0) is 6.92 Å². The number of aliphatic hydroxyl groups is 1. The molecule has 0 radical (unpaired) electrons. The summed E-state index contributed by atoms with van der Waals surface area (Å²) in [4.78, 5) is 10.9. The molecule has 0 unspecified atom stereocenters. The molecule has 6 nitrogen and oxygen atoms in total. The van der Waals surface area contributed by atoms with E-state index in [0.717, 1.165) is 4.68 Å². The quantitative estimate of drug-likeness (QED) is 0.665. The number of hydrogen-bond acceptors (Lipinski definition) is 5. The van der Waals surface area contributed by atoms with Crippen LogP contribution in [0.25, 0.3) is 0 Å². The number of hydrogen-bond donors (Lipinski definition) is 1. The van der Waals surface area contributed by atoms with E-state index in [1.807, 2.05) is 0 Å². The molecule has 0 aromatic carbocycles. The number of carbonyl (C=O) groups is 1. The highest BCUT2D eigenvalue weighted by atomic mass is 16.6. The average Bonchev–Trinajstić information content (AvgIpc) is 2.52. The lowest BCUT2D eigenvalue weighted by atomic mass is 10.5. The van der Waals surface area contributed by atoms with Crippen LogP contribution in [-0.2, 0) is 11.3 Å². The standard InChI is InChI=1S/C6H9N3O3/c1-2-12-6(11)9-3-5(4-10)7-8-9/h3,10H,2,4H2,1H3. The summed E-state index contributed by atoms with van der Waals surface area (Å²) < 4.78 is 5.57. The molecular weight excluding hydrogens is 162 g/mol. The van der Waals surface area contributed by atoms with Crippen LogP contribution in [0, 0.1) is 0 Å². The lowest BCUT2D eigenvalue weighted by molar-refractivity contribution is 0.150. The Morgan fingerprint density at radius 3 is 3.08 bits per heavy atom. The summed E-state index contributed by atoms with van der Waals surface area (Å²) in [5.41, 5.74) is 0.336. The van der Waals surface area contributed by atoms with Gasteiger partial charge in [-0.25, -0.2) is 4.79 Å². The average molecular weight is 171 g/mol. The fraction of sp³-hybridized carbons (Fsp3) is 0.500. The van der Waals surface area contributed by atoms with Gasteiger partial charge in [-0.2, -0.15) is 4.68 Å². The number of nitrogens with zero attached hydrogens (tertiary/aromatic N) is 3. The van der Waals surface area contributed by atoms with Gasteiger partial charge in [0.1, 0.15) is 5.69 Å². The van der Waals surface area contributed by atoms with Gasteiger partial charge in [-0.1, -0.05) is 5.21 Å². The molecule has 0 spiro atoms. The second-order valence-corrected chi connectivity index (χ2v) is 2.01. The van der Waals surface area contributed by atoms with Crippen LogP contribution in [0.1, 0.15) is 12.6 Å². The molecule has 6 heteroatoms. The topological polar surface area (TPSA) is 77.2 Å². The van der Waals surface area contributed by atoms with E-state index >= 15 is 0 Å². The first-order valence-corrected chi connectivity index (χ1v) is 3.47. The zero-order valence-corrected chi connectivity index (χ0v) is 6.60. The van der Waals surface area contributed by atoms with Crippen molar-refractivity contribution in [2.45, 2.75) is 13.5 Å². The Hall–Kier alpha value is -1.43. The summed E-state index contributed by atoms with van der Waals surface area (Å²) in [5.74, 6) is 0. The first-order chi connectivity index (χ1) is 5.77. The van der Waals surface area contributed by atoms with Gasteiger partial charge in [0, 0.05) is 0 Å². The summed E-state index contributed by atoms with van der Waals surface area (Å²) in [5, 5.41) is 15.5. The van der Waals surface area contributed by atoms with E-state index in [1.54, 1.807) is 6.92 Å². The third kappa shape index (κ3) is 1.79. The third-order valence-corrected chi connectivity index (χ3v) is 1.16. The maximum absolute atomic E-state index is 10.9. The Labute approximate surface area is 68.8 Å². The number of aliphatic hydroxyl groups excluding tert-OH is 1. The molecule has 12 heavy (non-hydrogen) atoms. The molecule has 0 aliphatic heterocycles. The minimum absolute atomic E-state index is 0.237. The Kier molecular flexibility index (Phi) is 2.76. The van der Waals surface area contributed by atoms with E-state index in [2.05, 4.69) is 15.0 Å². The van der Waals surface area contributed by atoms with Crippen LogP contribution in [0.15, 0.2) is 6.20 Å². The van der Waals surface area contributed by atoms with Gasteiger partial charge in [0.2, 0.25) is 0 Å². The fourth-order valence-electron chi connectivity index (χ4n) is 0.650. The van der Waals surface area contributed by atoms with Crippen LogP contribution in [-0.4, -0.2) is 32.8 Å². The number of rotatable bonds is 2. The number of aromatic nitrogens is 3. The minimum Gasteiger partial charge on any atom is -0.448 e. The molecule has 1 heterocycles. The normalized spacial score (nSPS) is 9.83. The summed E-state index contributed by atoms with van der Waals surface area (Å²) >= 11 is 0. The van der Waals surface area contributed by atoms with E-state index in [1.165, 1.54) is 6.20 Å². The molecular formula is C6H9N3O3. The predicted molar refractivity (Wildman–Crippen MR) is 38.4 cm³/mol. The molecule has 1 N–H and O–H groups in total. The van der Waals surface area contributed by atoms with Crippen molar-refractivity contribution in [2.75, 3.05) is 6.61 Å². The summed E-state index contributed by atoms with van der Waals surface area (Å²) in [6.45, 7) is 1.74. The van der Waals surface area contributed by atoms with Crippen LogP contribution in [0.5, 0.6) is 0 Å². The van der Waals surface area contributed by atoms with Gasteiger partial charge in [-0.3, -0.25) is 0 Å². The fourth-order valence-corrected chi connectivity index (χ4v) is 0.650. The van der Waals surface area contributed by atoms with Crippen LogP contribution in [0.4, 0.5) is 4.79 Å². The van der Waals surface area contributed by atoms with Crippen molar-refractivity contribution < 1.29 is 14.6 Å². The van der Waals surface area contributed by atoms with Crippen molar-refractivity contribution in [2.24, 2.45) is 0 Å². The number of carbonyl (C=O) groups excluding carboxylic acids is 1. The Morgan fingerprint density at radius 1 is 1.83 bits per heavy atom. The highest BCUT2D eigenvalue weighted by Gasteiger charge is 2.07. The lowest BCUT2D eigenvalue weighted by Gasteiger charge is -1.97. The van der Waals surface area contributed by atoms with E-state index in [4.69, 9.17) is 5.11 Å². The second-order valence-electron chi connectivity index (χ2n) is 2.01. The highest BCUT2D eigenvalue weighted by molar-refractivity contribution is 5.68. The molecule has 1 aromatic rings. The third-order valence-electron chi connectivity index (χ3n) is 1.16. The molecule has 1 rings (SSSR count). The zero-order chi connectivity index (χ0) is 8.97. The summed E-state index contributed by atoms with van der Waals surface area (Å²) in [6.07, 6.45) is 0.725. The number of ether oxygens (including phenoxy) is 1. The maximum atomic E-state index is 10.9. The van der Waals surface area contributed by atoms with Gasteiger partial charge in [0.05, 0.1) is 19.4 Å². The first kappa shape index (κ1) is 8.66. The van der Waals surface area contributed by atoms with Gasteiger partial charge < -0.3 is 9.84 Å². The minimum atomic E-state index is -0.593. The van der Waals surface area contributed by atoms with Gasteiger partial charge >= 0.3 is 6.09 Å². The molecule has 0 aliphatic carbocycles. The maximum Gasteiger partial charge on any atom is 0.436 e. The molecule has 0 saturated carbocycles. The van der Waals surface area contributed by atoms with Crippen molar-refractivity contribution in [1.29, 1.82) is 0 Å². The van der Waals surface area contributed by atoms with Crippen LogP contribution in [0.3, 0.4) is 0 Å². The highest BCUT2D eigenvalue weighted by Crippen LogP contribution is 1.93. The lowest BCUT2D eigenvalue weighted by Crippen LogP contribution is -2.13. The Balaban J connectivity index is 2.68. The molecule has 0 aliphatic rings. The van der Waals surface area contributed by atoms with E-state index in [0.29, 0.717) is 5.69 Å². The van der Waals surface area contributed by atoms with Crippen molar-refractivity contribution in [3.05, 3.63) is 11.9 Å². The largest absolute Gasteiger partial charge is 0.448 e. The smallest absolute Gasteiger partial charge is 0.436 e. The van der Waals surface area contributed by atoms with Gasteiger partial charge in [-0.15, -0.1) is 5.10 Å². The van der Waals surface area contributed by atoms with E-state index < -0.39 is 6.09 Å². The summed E-state index contributed by atoms with van der Waals surface area (Å²) in [7, 11) is 0. The molecule has 0 fully saturated rings. The molecule has 66 valence electrons. The molecule has 0 saturated heterocycles. The van der Waals surface area contributed by atoms with Crippen molar-refractivity contribution in [3.63, 3.8) is 0 Å². The van der Waals surface area contributed by atoms with Gasteiger partial charge in [0.25, 0.3) is 0 Å². The molecule has 0 atom stereocenters. The van der Waals surface area contributed by atoms with Crippen molar-refractivity contribution in [1.82, 2.24) is 15.0 Å². The monoisotopic (exact) mass is 171 g/mol. The van der Waals surface area contributed by atoms with Crippen LogP contribution < -0.4 is 0 Å². The second kappa shape index (κ2) is 3.82. The van der Waals surface area contributed by atoms with Crippen LogP contribution >= 0.6 is 0 Å². The summed E-state index contributed by atoms with van der Waals surface area (Å²) in [6, 6.07) is 0. The first-order valence-electron chi connectivity index (χ1n) is 3.47. The van der Waals surface area contributed by atoms with Crippen LogP contribution in [0.2, 0.25) is 0 Å². The van der Waals surface area contributed by atoms with Gasteiger partial charge in [0.15, 0.2) is 0 Å². The molecule has 0 bridgehead atoms. The van der Waals surface area contributed by atoms with E-state index in [-0.39, 0.29) is 13.2 Å². The SMILES string of the molecule is CCOC(=O)n1cc(CO)nn1. The van der Waals surface area contributed by atoms with Crippen molar-refractivity contribution >= 4 is 6.09 Å². The Bertz CT molecular complexity index is 271.